The normalized spacial score (nSPS) is 15.1. The molecule has 0 saturated heterocycles. The van der Waals surface area contributed by atoms with Crippen LogP contribution in [-0.4, -0.2) is 21.8 Å². The number of carbonyl (C=O) groups is 2. The van der Waals surface area contributed by atoms with Crippen LogP contribution in [0.4, 0.5) is 11.5 Å². The maximum absolute atomic E-state index is 13.0. The lowest BCUT2D eigenvalue weighted by Gasteiger charge is -2.23. The van der Waals surface area contributed by atoms with Crippen LogP contribution >= 0.6 is 11.8 Å². The van der Waals surface area contributed by atoms with Gasteiger partial charge in [-0.15, -0.1) is 0 Å². The summed E-state index contributed by atoms with van der Waals surface area (Å²) in [6, 6.07) is 13.7. The molecular weight excluding hydrogens is 424 g/mol. The molecule has 3 aromatic rings. The maximum atomic E-state index is 13.0. The Morgan fingerprint density at radius 1 is 1.09 bits per heavy atom. The van der Waals surface area contributed by atoms with Crippen LogP contribution in [0, 0.1) is 20.8 Å². The van der Waals surface area contributed by atoms with Crippen molar-refractivity contribution in [2.24, 2.45) is 0 Å². The lowest BCUT2D eigenvalue weighted by molar-refractivity contribution is -0.123. The predicted molar refractivity (Wildman–Crippen MR) is 126 cm³/mol. The van der Waals surface area contributed by atoms with Crippen molar-refractivity contribution in [2.45, 2.75) is 44.0 Å². The molecule has 0 bridgehead atoms. The first-order chi connectivity index (χ1) is 15.3. The molecule has 2 amide bonds. The van der Waals surface area contributed by atoms with Gasteiger partial charge in [0.15, 0.2) is 5.16 Å². The monoisotopic (exact) mass is 448 g/mol. The number of hydrogen-bond donors (Lipinski definition) is 3. The number of fused-ring (bicyclic) bond motifs is 1. The van der Waals surface area contributed by atoms with Crippen molar-refractivity contribution in [2.75, 3.05) is 10.6 Å². The summed E-state index contributed by atoms with van der Waals surface area (Å²) in [6.07, 6.45) is -0.107. The van der Waals surface area contributed by atoms with Gasteiger partial charge in [0.1, 0.15) is 5.82 Å². The van der Waals surface area contributed by atoms with E-state index in [2.05, 4.69) is 20.6 Å². The van der Waals surface area contributed by atoms with E-state index in [1.807, 2.05) is 57.2 Å². The smallest absolute Gasteiger partial charge is 0.257 e. The molecule has 164 valence electrons. The number of carbonyl (C=O) groups excluding carboxylic acids is 2. The van der Waals surface area contributed by atoms with E-state index in [4.69, 9.17) is 0 Å². The van der Waals surface area contributed by atoms with Gasteiger partial charge in [0.2, 0.25) is 11.8 Å². The van der Waals surface area contributed by atoms with Crippen LogP contribution in [0.3, 0.4) is 0 Å². The number of aromatic amines is 1. The molecule has 1 aliphatic rings. The van der Waals surface area contributed by atoms with Crippen molar-refractivity contribution >= 4 is 35.1 Å². The van der Waals surface area contributed by atoms with Crippen molar-refractivity contribution in [3.8, 4) is 0 Å². The number of anilines is 2. The summed E-state index contributed by atoms with van der Waals surface area (Å²) < 4.78 is 0. The molecule has 32 heavy (non-hydrogen) atoms. The molecule has 1 aliphatic heterocycles. The standard InChI is InChI=1S/C24H24N4O3S/c1-13-4-7-16(8-5-13)12-32-24-27-21-20(23(31)28-24)18(11-19(29)26-21)22(30)25-17-9-6-14(2)15(3)10-17/h4-10,18H,11-12H2,1-3H3,(H,25,30)(H2,26,27,28,29,31)/t18-/m0/s1. The second-order valence-corrected chi connectivity index (χ2v) is 8.96. The number of benzene rings is 2. The first-order valence-corrected chi connectivity index (χ1v) is 11.3. The zero-order valence-corrected chi connectivity index (χ0v) is 18.9. The summed E-state index contributed by atoms with van der Waals surface area (Å²) >= 11 is 1.36. The zero-order chi connectivity index (χ0) is 22.8. The lowest BCUT2D eigenvalue weighted by atomic mass is 9.92. The van der Waals surface area contributed by atoms with Gasteiger partial charge in [0.05, 0.1) is 11.5 Å². The number of aromatic nitrogens is 2. The number of thioether (sulfide) groups is 1. The molecule has 0 fully saturated rings. The van der Waals surface area contributed by atoms with Crippen LogP contribution in [0.25, 0.3) is 0 Å². The Labute approximate surface area is 190 Å². The first kappa shape index (κ1) is 21.8. The molecule has 8 heteroatoms. The van der Waals surface area contributed by atoms with E-state index >= 15 is 0 Å². The molecule has 0 spiro atoms. The second kappa shape index (κ2) is 9.00. The summed E-state index contributed by atoms with van der Waals surface area (Å²) in [5.41, 5.74) is 4.82. The molecule has 3 N–H and O–H groups in total. The molecule has 7 nitrogen and oxygen atoms in total. The quantitative estimate of drug-likeness (QED) is 0.403. The Balaban J connectivity index is 1.56. The third-order valence-electron chi connectivity index (χ3n) is 5.52. The summed E-state index contributed by atoms with van der Waals surface area (Å²) in [5.74, 6) is -0.890. The summed E-state index contributed by atoms with van der Waals surface area (Å²) in [6.45, 7) is 5.97. The molecule has 0 saturated carbocycles. The van der Waals surface area contributed by atoms with E-state index in [1.54, 1.807) is 6.07 Å². The predicted octanol–water partition coefficient (Wildman–Crippen LogP) is 4.05. The minimum Gasteiger partial charge on any atom is -0.326 e. The average Bonchev–Trinajstić information content (AvgIpc) is 2.75. The van der Waals surface area contributed by atoms with Gasteiger partial charge in [0.25, 0.3) is 5.56 Å². The largest absolute Gasteiger partial charge is 0.326 e. The highest BCUT2D eigenvalue weighted by molar-refractivity contribution is 7.98. The molecular formula is C24H24N4O3S. The Morgan fingerprint density at radius 2 is 1.84 bits per heavy atom. The van der Waals surface area contributed by atoms with E-state index in [-0.39, 0.29) is 23.7 Å². The molecule has 4 rings (SSSR count). The van der Waals surface area contributed by atoms with Gasteiger partial charge in [-0.3, -0.25) is 14.4 Å². The molecule has 1 atom stereocenters. The number of H-pyrrole nitrogens is 1. The van der Waals surface area contributed by atoms with Crippen molar-refractivity contribution in [3.63, 3.8) is 0 Å². The number of hydrogen-bond acceptors (Lipinski definition) is 5. The van der Waals surface area contributed by atoms with Crippen LogP contribution < -0.4 is 16.2 Å². The van der Waals surface area contributed by atoms with Crippen molar-refractivity contribution in [3.05, 3.63) is 80.6 Å². The first-order valence-electron chi connectivity index (χ1n) is 10.3. The van der Waals surface area contributed by atoms with Crippen LogP contribution in [0.15, 0.2) is 52.4 Å². The highest BCUT2D eigenvalue weighted by atomic mass is 32.2. The highest BCUT2D eigenvalue weighted by Crippen LogP contribution is 2.31. The van der Waals surface area contributed by atoms with Gasteiger partial charge in [-0.2, -0.15) is 0 Å². The average molecular weight is 449 g/mol. The van der Waals surface area contributed by atoms with Crippen LogP contribution in [0.1, 0.15) is 40.2 Å². The highest BCUT2D eigenvalue weighted by Gasteiger charge is 2.34. The fraction of sp³-hybridized carbons (Fsp3) is 0.250. The fourth-order valence-electron chi connectivity index (χ4n) is 3.53. The Morgan fingerprint density at radius 3 is 2.56 bits per heavy atom. The fourth-order valence-corrected chi connectivity index (χ4v) is 4.34. The van der Waals surface area contributed by atoms with Crippen LogP contribution in [-0.2, 0) is 15.3 Å². The topological polar surface area (TPSA) is 104 Å². The maximum Gasteiger partial charge on any atom is 0.257 e. The van der Waals surface area contributed by atoms with Gasteiger partial charge < -0.3 is 15.6 Å². The Hall–Kier alpha value is -3.39. The van der Waals surface area contributed by atoms with Crippen molar-refractivity contribution in [1.29, 1.82) is 0 Å². The lowest BCUT2D eigenvalue weighted by Crippen LogP contribution is -2.36. The summed E-state index contributed by atoms with van der Waals surface area (Å²) in [7, 11) is 0. The number of aryl methyl sites for hydroxylation is 3. The number of amides is 2. The van der Waals surface area contributed by atoms with Gasteiger partial charge in [-0.1, -0.05) is 47.7 Å². The second-order valence-electron chi connectivity index (χ2n) is 8.00. The molecule has 0 radical (unpaired) electrons. The minimum absolute atomic E-state index is 0.107. The van der Waals surface area contributed by atoms with Crippen LogP contribution in [0.5, 0.6) is 0 Å². The van der Waals surface area contributed by atoms with E-state index in [1.165, 1.54) is 17.3 Å². The zero-order valence-electron chi connectivity index (χ0n) is 18.1. The van der Waals surface area contributed by atoms with Crippen molar-refractivity contribution < 1.29 is 9.59 Å². The SMILES string of the molecule is Cc1ccc(CSc2nc3c(c(=O)[nH]2)[C@@H](C(=O)Nc2ccc(C)c(C)c2)CC(=O)N3)cc1. The van der Waals surface area contributed by atoms with Crippen LogP contribution in [0.2, 0.25) is 0 Å². The molecule has 2 aromatic carbocycles. The third-order valence-corrected chi connectivity index (χ3v) is 6.46. The van der Waals surface area contributed by atoms with Crippen molar-refractivity contribution in [1.82, 2.24) is 9.97 Å². The van der Waals surface area contributed by atoms with Gasteiger partial charge in [0, 0.05) is 17.9 Å². The van der Waals surface area contributed by atoms with E-state index in [0.717, 1.165) is 16.7 Å². The molecule has 0 aliphatic carbocycles. The van der Waals surface area contributed by atoms with E-state index in [9.17, 15) is 14.4 Å². The van der Waals surface area contributed by atoms with E-state index in [0.29, 0.717) is 16.6 Å². The van der Waals surface area contributed by atoms with E-state index < -0.39 is 17.4 Å². The molecule has 1 aromatic heterocycles. The van der Waals surface area contributed by atoms with Gasteiger partial charge in [-0.05, 0) is 49.6 Å². The van der Waals surface area contributed by atoms with Gasteiger partial charge in [-0.25, -0.2) is 4.98 Å². The Bertz CT molecular complexity index is 1250. The molecule has 2 heterocycles. The third kappa shape index (κ3) is 4.75. The summed E-state index contributed by atoms with van der Waals surface area (Å²) in [5, 5.41) is 5.87. The van der Waals surface area contributed by atoms with Gasteiger partial charge >= 0.3 is 0 Å². The number of nitrogens with one attached hydrogen (secondary N) is 3. The number of nitrogens with zero attached hydrogens (tertiary/aromatic N) is 1. The Kier molecular flexibility index (Phi) is 6.14. The molecule has 0 unspecified atom stereocenters. The summed E-state index contributed by atoms with van der Waals surface area (Å²) in [4.78, 5) is 45.3. The number of rotatable bonds is 5. The minimum atomic E-state index is -0.909.